The number of aromatic amines is 1. The van der Waals surface area contributed by atoms with Gasteiger partial charge in [-0.15, -0.1) is 12.4 Å². The lowest BCUT2D eigenvalue weighted by atomic mass is 9.87. The molecule has 128 valence electrons. The van der Waals surface area contributed by atoms with E-state index in [0.717, 1.165) is 37.3 Å². The molecule has 0 aliphatic carbocycles. The molecular formula is C19H29ClN2O. The van der Waals surface area contributed by atoms with Crippen LogP contribution >= 0.6 is 12.4 Å². The van der Waals surface area contributed by atoms with Crippen molar-refractivity contribution in [3.8, 4) is 5.75 Å². The number of benzene rings is 1. The van der Waals surface area contributed by atoms with E-state index < -0.39 is 0 Å². The van der Waals surface area contributed by atoms with Crippen LogP contribution in [0.1, 0.15) is 56.1 Å². The van der Waals surface area contributed by atoms with E-state index in [2.05, 4.69) is 69.1 Å². The van der Waals surface area contributed by atoms with Crippen molar-refractivity contribution in [2.45, 2.75) is 59.3 Å². The number of H-pyrrole nitrogens is 1. The van der Waals surface area contributed by atoms with Crippen LogP contribution in [0.4, 0.5) is 0 Å². The van der Waals surface area contributed by atoms with Crippen molar-refractivity contribution in [2.75, 3.05) is 6.61 Å². The minimum Gasteiger partial charge on any atom is -0.494 e. The molecule has 0 radical (unpaired) electrons. The molecule has 0 bridgehead atoms. The van der Waals surface area contributed by atoms with Crippen LogP contribution in [0.3, 0.4) is 0 Å². The minimum atomic E-state index is 0. The highest BCUT2D eigenvalue weighted by Crippen LogP contribution is 2.24. The topological polar surface area (TPSA) is 37.9 Å². The summed E-state index contributed by atoms with van der Waals surface area (Å²) in [4.78, 5) is 0. The van der Waals surface area contributed by atoms with Gasteiger partial charge in [0.1, 0.15) is 5.75 Å². The maximum atomic E-state index is 5.83. The van der Waals surface area contributed by atoms with Gasteiger partial charge in [-0.3, -0.25) is 5.10 Å². The molecule has 0 aliphatic rings. The molecule has 0 aliphatic heterocycles. The van der Waals surface area contributed by atoms with Gasteiger partial charge in [0.25, 0.3) is 0 Å². The standard InChI is InChI=1S/C19H28N2O.ClH/c1-14-18(15(2)21-20-14)8-6-7-13-22-17-11-9-16(10-12-17)19(3,4)5;/h9-12H,6-8,13H2,1-5H3,(H,20,21);1H. The number of unbranched alkanes of at least 4 members (excludes halogenated alkanes) is 1. The third kappa shape index (κ3) is 5.58. The molecule has 1 aromatic heterocycles. The third-order valence-electron chi connectivity index (χ3n) is 4.09. The van der Waals surface area contributed by atoms with Gasteiger partial charge in [0.15, 0.2) is 0 Å². The van der Waals surface area contributed by atoms with Crippen LogP contribution in [0, 0.1) is 13.8 Å². The molecule has 23 heavy (non-hydrogen) atoms. The van der Waals surface area contributed by atoms with E-state index >= 15 is 0 Å². The van der Waals surface area contributed by atoms with E-state index in [4.69, 9.17) is 4.74 Å². The summed E-state index contributed by atoms with van der Waals surface area (Å²) in [6.07, 6.45) is 3.26. The lowest BCUT2D eigenvalue weighted by molar-refractivity contribution is 0.306. The summed E-state index contributed by atoms with van der Waals surface area (Å²) >= 11 is 0. The number of hydrogen-bond donors (Lipinski definition) is 1. The summed E-state index contributed by atoms with van der Waals surface area (Å²) in [5.41, 5.74) is 5.20. The molecule has 2 rings (SSSR count). The summed E-state index contributed by atoms with van der Waals surface area (Å²) in [6, 6.07) is 8.47. The number of halogens is 1. The number of nitrogens with one attached hydrogen (secondary N) is 1. The van der Waals surface area contributed by atoms with Crippen LogP contribution in [0.15, 0.2) is 24.3 Å². The molecule has 0 atom stereocenters. The fraction of sp³-hybridized carbons (Fsp3) is 0.526. The first-order valence-electron chi connectivity index (χ1n) is 8.11. The lowest BCUT2D eigenvalue weighted by Crippen LogP contribution is -2.10. The molecule has 3 nitrogen and oxygen atoms in total. The van der Waals surface area contributed by atoms with Crippen molar-refractivity contribution in [2.24, 2.45) is 0 Å². The number of aryl methyl sites for hydroxylation is 2. The van der Waals surface area contributed by atoms with Gasteiger partial charge in [0, 0.05) is 5.69 Å². The summed E-state index contributed by atoms with van der Waals surface area (Å²) < 4.78 is 5.83. The fourth-order valence-corrected chi connectivity index (χ4v) is 2.59. The van der Waals surface area contributed by atoms with Gasteiger partial charge in [-0.25, -0.2) is 0 Å². The second kappa shape index (κ2) is 8.39. The highest BCUT2D eigenvalue weighted by molar-refractivity contribution is 5.85. The number of hydrogen-bond acceptors (Lipinski definition) is 2. The van der Waals surface area contributed by atoms with Crippen LogP contribution in [-0.4, -0.2) is 16.8 Å². The smallest absolute Gasteiger partial charge is 0.119 e. The first-order valence-corrected chi connectivity index (χ1v) is 8.11. The molecule has 0 saturated carbocycles. The van der Waals surface area contributed by atoms with Gasteiger partial charge < -0.3 is 4.74 Å². The molecule has 2 aromatic rings. The lowest BCUT2D eigenvalue weighted by Gasteiger charge is -2.19. The molecule has 0 amide bonds. The second-order valence-corrected chi connectivity index (χ2v) is 6.99. The maximum Gasteiger partial charge on any atom is 0.119 e. The fourth-order valence-electron chi connectivity index (χ4n) is 2.59. The van der Waals surface area contributed by atoms with E-state index in [-0.39, 0.29) is 17.8 Å². The summed E-state index contributed by atoms with van der Waals surface area (Å²) in [6.45, 7) is 11.6. The normalized spacial score (nSPS) is 11.2. The highest BCUT2D eigenvalue weighted by atomic mass is 35.5. The van der Waals surface area contributed by atoms with E-state index in [1.165, 1.54) is 16.8 Å². The average Bonchev–Trinajstić information content (AvgIpc) is 2.78. The first-order chi connectivity index (χ1) is 10.4. The Morgan fingerprint density at radius 2 is 1.70 bits per heavy atom. The van der Waals surface area contributed by atoms with E-state index in [1.807, 2.05) is 0 Å². The molecule has 0 fully saturated rings. The zero-order chi connectivity index (χ0) is 16.2. The number of aromatic nitrogens is 2. The quantitative estimate of drug-likeness (QED) is 0.741. The van der Waals surface area contributed by atoms with E-state index in [1.54, 1.807) is 0 Å². The molecule has 0 spiro atoms. The van der Waals surface area contributed by atoms with Crippen LogP contribution in [-0.2, 0) is 11.8 Å². The predicted octanol–water partition coefficient (Wildman–Crippen LogP) is 5.15. The second-order valence-electron chi connectivity index (χ2n) is 6.99. The molecular weight excluding hydrogens is 308 g/mol. The van der Waals surface area contributed by atoms with Gasteiger partial charge in [0.2, 0.25) is 0 Å². The Morgan fingerprint density at radius 3 is 2.22 bits per heavy atom. The van der Waals surface area contributed by atoms with Crippen LogP contribution < -0.4 is 4.74 Å². The van der Waals surface area contributed by atoms with Gasteiger partial charge >= 0.3 is 0 Å². The van der Waals surface area contributed by atoms with Crippen LogP contribution in [0.25, 0.3) is 0 Å². The number of nitrogens with zero attached hydrogens (tertiary/aromatic N) is 1. The van der Waals surface area contributed by atoms with Gasteiger partial charge in [0.05, 0.1) is 12.3 Å². The molecule has 1 aromatic carbocycles. The Balaban J connectivity index is 0.00000264. The van der Waals surface area contributed by atoms with E-state index in [0.29, 0.717) is 0 Å². The van der Waals surface area contributed by atoms with E-state index in [9.17, 15) is 0 Å². The third-order valence-corrected chi connectivity index (χ3v) is 4.09. The van der Waals surface area contributed by atoms with Crippen LogP contribution in [0.5, 0.6) is 5.75 Å². The van der Waals surface area contributed by atoms with Gasteiger partial charge in [-0.1, -0.05) is 32.9 Å². The molecule has 0 unspecified atom stereocenters. The largest absolute Gasteiger partial charge is 0.494 e. The Morgan fingerprint density at radius 1 is 1.04 bits per heavy atom. The Bertz CT molecular complexity index is 577. The Hall–Kier alpha value is -1.48. The number of ether oxygens (including phenoxy) is 1. The Kier molecular flexibility index (Phi) is 7.14. The summed E-state index contributed by atoms with van der Waals surface area (Å²) in [5.74, 6) is 0.962. The molecule has 0 saturated heterocycles. The Labute approximate surface area is 146 Å². The van der Waals surface area contributed by atoms with Crippen molar-refractivity contribution in [3.05, 3.63) is 46.8 Å². The first kappa shape index (κ1) is 19.6. The zero-order valence-corrected chi connectivity index (χ0v) is 15.7. The molecule has 1 heterocycles. The molecule has 1 N–H and O–H groups in total. The van der Waals surface area contributed by atoms with Crippen molar-refractivity contribution >= 4 is 12.4 Å². The highest BCUT2D eigenvalue weighted by Gasteiger charge is 2.12. The predicted molar refractivity (Wildman–Crippen MR) is 98.9 cm³/mol. The molecule has 4 heteroatoms. The summed E-state index contributed by atoms with van der Waals surface area (Å²) in [5, 5.41) is 7.27. The van der Waals surface area contributed by atoms with Gasteiger partial charge in [-0.05, 0) is 61.8 Å². The van der Waals surface area contributed by atoms with Crippen LogP contribution in [0.2, 0.25) is 0 Å². The number of rotatable bonds is 6. The monoisotopic (exact) mass is 336 g/mol. The minimum absolute atomic E-state index is 0. The SMILES string of the molecule is Cc1n[nH]c(C)c1CCCCOc1ccc(C(C)(C)C)cc1.Cl. The summed E-state index contributed by atoms with van der Waals surface area (Å²) in [7, 11) is 0. The zero-order valence-electron chi connectivity index (χ0n) is 14.9. The average molecular weight is 337 g/mol. The van der Waals surface area contributed by atoms with Crippen molar-refractivity contribution in [1.82, 2.24) is 10.2 Å². The van der Waals surface area contributed by atoms with Crippen molar-refractivity contribution < 1.29 is 4.74 Å². The maximum absolute atomic E-state index is 5.83. The van der Waals surface area contributed by atoms with Crippen molar-refractivity contribution in [3.63, 3.8) is 0 Å². The van der Waals surface area contributed by atoms with Crippen molar-refractivity contribution in [1.29, 1.82) is 0 Å². The van der Waals surface area contributed by atoms with Gasteiger partial charge in [-0.2, -0.15) is 5.10 Å².